The molecule has 1 aromatic heterocycles. The molecular weight excluding hydrogens is 238 g/mol. The molecule has 96 valence electrons. The molecule has 0 unspecified atom stereocenters. The summed E-state index contributed by atoms with van der Waals surface area (Å²) in [5.74, 6) is -0.677. The van der Waals surface area contributed by atoms with Crippen LogP contribution in [-0.2, 0) is 16.1 Å². The zero-order valence-electron chi connectivity index (χ0n) is 10.1. The van der Waals surface area contributed by atoms with Crippen LogP contribution in [0.5, 0.6) is 0 Å². The van der Waals surface area contributed by atoms with Gasteiger partial charge in [0.2, 0.25) is 5.91 Å². The summed E-state index contributed by atoms with van der Waals surface area (Å²) in [5.41, 5.74) is 1.44. The lowest BCUT2D eigenvalue weighted by atomic mass is 10.1. The summed E-state index contributed by atoms with van der Waals surface area (Å²) in [5, 5.41) is 17.7. The monoisotopic (exact) mass is 251 g/mol. The number of aliphatic carboxylic acids is 1. The number of amides is 1. The molecule has 18 heavy (non-hydrogen) atoms. The molecule has 1 aliphatic heterocycles. The first-order chi connectivity index (χ1) is 8.49. The van der Waals surface area contributed by atoms with E-state index in [0.717, 1.165) is 5.56 Å². The van der Waals surface area contributed by atoms with Crippen LogP contribution in [0.2, 0.25) is 0 Å². The standard InChI is InChI=1S/C11H13N3O4/c1-6-8(7(2)18-13-6)5-14-10(15)4-3-9(12-14)11(16)17/h3-5H2,1-2H3,(H,16,17). The minimum Gasteiger partial charge on any atom is -0.477 e. The van der Waals surface area contributed by atoms with Gasteiger partial charge < -0.3 is 9.63 Å². The Kier molecular flexibility index (Phi) is 3.14. The summed E-state index contributed by atoms with van der Waals surface area (Å²) in [6.07, 6.45) is 0.334. The molecule has 0 spiro atoms. The van der Waals surface area contributed by atoms with Gasteiger partial charge in [-0.25, -0.2) is 9.80 Å². The van der Waals surface area contributed by atoms with Crippen LogP contribution in [0.25, 0.3) is 0 Å². The van der Waals surface area contributed by atoms with Crippen molar-refractivity contribution in [3.63, 3.8) is 0 Å². The number of carboxylic acid groups (broad SMARTS) is 1. The first kappa shape index (κ1) is 12.3. The predicted molar refractivity (Wildman–Crippen MR) is 60.8 cm³/mol. The van der Waals surface area contributed by atoms with Crippen LogP contribution in [-0.4, -0.2) is 32.9 Å². The van der Waals surface area contributed by atoms with Crippen LogP contribution in [0.1, 0.15) is 29.9 Å². The highest BCUT2D eigenvalue weighted by atomic mass is 16.5. The third kappa shape index (κ3) is 2.24. The van der Waals surface area contributed by atoms with Gasteiger partial charge in [-0.05, 0) is 13.8 Å². The Balaban J connectivity index is 2.24. The first-order valence-electron chi connectivity index (χ1n) is 5.52. The second-order valence-corrected chi connectivity index (χ2v) is 4.11. The molecule has 0 fully saturated rings. The number of hydrazone groups is 1. The van der Waals surface area contributed by atoms with E-state index >= 15 is 0 Å². The number of hydrogen-bond acceptors (Lipinski definition) is 5. The van der Waals surface area contributed by atoms with Crippen molar-refractivity contribution in [3.05, 3.63) is 17.0 Å². The lowest BCUT2D eigenvalue weighted by molar-refractivity contribution is -0.133. The van der Waals surface area contributed by atoms with Gasteiger partial charge in [0.05, 0.1) is 12.2 Å². The fraction of sp³-hybridized carbons (Fsp3) is 0.455. The third-order valence-corrected chi connectivity index (χ3v) is 2.84. The predicted octanol–water partition coefficient (Wildman–Crippen LogP) is 0.854. The molecule has 7 nitrogen and oxygen atoms in total. The Labute approximate surface area is 103 Å². The maximum atomic E-state index is 11.7. The summed E-state index contributed by atoms with van der Waals surface area (Å²) in [7, 11) is 0. The quantitative estimate of drug-likeness (QED) is 0.859. The molecule has 0 aromatic carbocycles. The van der Waals surface area contributed by atoms with Crippen LogP contribution in [0.15, 0.2) is 9.62 Å². The smallest absolute Gasteiger partial charge is 0.352 e. The van der Waals surface area contributed by atoms with Crippen LogP contribution in [0.4, 0.5) is 0 Å². The Morgan fingerprint density at radius 1 is 1.44 bits per heavy atom. The van der Waals surface area contributed by atoms with E-state index in [-0.39, 0.29) is 31.0 Å². The summed E-state index contributed by atoms with van der Waals surface area (Å²) >= 11 is 0. The fourth-order valence-electron chi connectivity index (χ4n) is 1.76. The van der Waals surface area contributed by atoms with Crippen molar-refractivity contribution in [2.24, 2.45) is 5.10 Å². The molecule has 1 aliphatic rings. The van der Waals surface area contributed by atoms with Crippen LogP contribution < -0.4 is 0 Å². The third-order valence-electron chi connectivity index (χ3n) is 2.84. The number of aromatic nitrogens is 1. The highest BCUT2D eigenvalue weighted by Gasteiger charge is 2.25. The van der Waals surface area contributed by atoms with Gasteiger partial charge in [-0.15, -0.1) is 0 Å². The molecule has 0 radical (unpaired) electrons. The van der Waals surface area contributed by atoms with Gasteiger partial charge >= 0.3 is 5.97 Å². The zero-order chi connectivity index (χ0) is 13.3. The maximum absolute atomic E-state index is 11.7. The van der Waals surface area contributed by atoms with Crippen LogP contribution in [0, 0.1) is 13.8 Å². The molecule has 2 heterocycles. The number of carbonyl (C=O) groups is 2. The van der Waals surface area contributed by atoms with E-state index in [1.54, 1.807) is 13.8 Å². The Morgan fingerprint density at radius 2 is 2.17 bits per heavy atom. The second kappa shape index (κ2) is 4.59. The van der Waals surface area contributed by atoms with Crippen LogP contribution >= 0.6 is 0 Å². The molecule has 1 aromatic rings. The van der Waals surface area contributed by atoms with E-state index < -0.39 is 5.97 Å². The first-order valence-corrected chi connectivity index (χ1v) is 5.52. The maximum Gasteiger partial charge on any atom is 0.352 e. The van der Waals surface area contributed by atoms with Crippen molar-refractivity contribution in [1.29, 1.82) is 0 Å². The van der Waals surface area contributed by atoms with Gasteiger partial charge in [0, 0.05) is 18.4 Å². The largest absolute Gasteiger partial charge is 0.477 e. The molecule has 1 amide bonds. The highest BCUT2D eigenvalue weighted by molar-refractivity contribution is 6.36. The van der Waals surface area contributed by atoms with Gasteiger partial charge in [-0.2, -0.15) is 5.10 Å². The Bertz CT molecular complexity index is 513. The Hall–Kier alpha value is -2.18. The number of rotatable bonds is 3. The van der Waals surface area contributed by atoms with E-state index in [0.29, 0.717) is 11.5 Å². The van der Waals surface area contributed by atoms with E-state index in [1.807, 2.05) is 0 Å². The highest BCUT2D eigenvalue weighted by Crippen LogP contribution is 2.18. The van der Waals surface area contributed by atoms with Crippen molar-refractivity contribution in [1.82, 2.24) is 10.2 Å². The number of hydrogen-bond donors (Lipinski definition) is 1. The number of nitrogens with zero attached hydrogens (tertiary/aromatic N) is 3. The molecule has 1 N–H and O–H groups in total. The lowest BCUT2D eigenvalue weighted by Crippen LogP contribution is -2.34. The number of carboxylic acids is 1. The van der Waals surface area contributed by atoms with E-state index in [9.17, 15) is 9.59 Å². The average molecular weight is 251 g/mol. The van der Waals surface area contributed by atoms with Gasteiger partial charge in [0.15, 0.2) is 0 Å². The number of aryl methyl sites for hydroxylation is 2. The van der Waals surface area contributed by atoms with Crippen molar-refractivity contribution in [2.45, 2.75) is 33.2 Å². The average Bonchev–Trinajstić information content (AvgIpc) is 2.63. The fourth-order valence-corrected chi connectivity index (χ4v) is 1.76. The minimum atomic E-state index is -1.09. The molecule has 0 bridgehead atoms. The summed E-state index contributed by atoms with van der Waals surface area (Å²) in [4.78, 5) is 22.5. The van der Waals surface area contributed by atoms with Gasteiger partial charge in [0.1, 0.15) is 11.5 Å². The summed E-state index contributed by atoms with van der Waals surface area (Å²) in [6, 6.07) is 0. The minimum absolute atomic E-state index is 0.00126. The summed E-state index contributed by atoms with van der Waals surface area (Å²) < 4.78 is 4.99. The van der Waals surface area contributed by atoms with Gasteiger partial charge in [-0.3, -0.25) is 4.79 Å². The van der Waals surface area contributed by atoms with Crippen molar-refractivity contribution in [2.75, 3.05) is 0 Å². The molecular formula is C11H13N3O4. The molecule has 0 aliphatic carbocycles. The van der Waals surface area contributed by atoms with Crippen LogP contribution in [0.3, 0.4) is 0 Å². The van der Waals surface area contributed by atoms with Crippen molar-refractivity contribution < 1.29 is 19.2 Å². The molecule has 0 saturated carbocycles. The van der Waals surface area contributed by atoms with E-state index in [4.69, 9.17) is 9.63 Å². The Morgan fingerprint density at radius 3 is 2.72 bits per heavy atom. The van der Waals surface area contributed by atoms with Crippen molar-refractivity contribution in [3.8, 4) is 0 Å². The molecule has 0 saturated heterocycles. The topological polar surface area (TPSA) is 96.0 Å². The van der Waals surface area contributed by atoms with E-state index in [2.05, 4.69) is 10.3 Å². The number of carbonyl (C=O) groups excluding carboxylic acids is 1. The SMILES string of the molecule is Cc1noc(C)c1CN1N=C(C(=O)O)CCC1=O. The van der Waals surface area contributed by atoms with Gasteiger partial charge in [-0.1, -0.05) is 5.16 Å². The van der Waals surface area contributed by atoms with E-state index in [1.165, 1.54) is 5.01 Å². The summed E-state index contributed by atoms with van der Waals surface area (Å²) in [6.45, 7) is 3.70. The normalized spacial score (nSPS) is 15.8. The molecule has 0 atom stereocenters. The zero-order valence-corrected chi connectivity index (χ0v) is 10.1. The lowest BCUT2D eigenvalue weighted by Gasteiger charge is -2.21. The molecule has 7 heteroatoms. The molecule has 2 rings (SSSR count). The second-order valence-electron chi connectivity index (χ2n) is 4.11. The van der Waals surface area contributed by atoms with Crippen molar-refractivity contribution >= 4 is 17.6 Å². The van der Waals surface area contributed by atoms with Gasteiger partial charge in [0.25, 0.3) is 0 Å².